The first-order valence-electron chi connectivity index (χ1n) is 5.88. The van der Waals surface area contributed by atoms with Gasteiger partial charge < -0.3 is 0 Å². The lowest BCUT2D eigenvalue weighted by atomic mass is 9.74. The molecule has 4 heteroatoms. The highest BCUT2D eigenvalue weighted by molar-refractivity contribution is 5.81. The maximum absolute atomic E-state index is 12.2. The molecule has 2 unspecified atom stereocenters. The van der Waals surface area contributed by atoms with Gasteiger partial charge in [-0.25, -0.2) is 4.68 Å². The summed E-state index contributed by atoms with van der Waals surface area (Å²) in [7, 11) is 0. The van der Waals surface area contributed by atoms with Crippen molar-refractivity contribution in [3.8, 4) is 0 Å². The van der Waals surface area contributed by atoms with Crippen LogP contribution in [0.15, 0.2) is 12.4 Å². The fraction of sp³-hybridized carbons (Fsp3) is 0.750. The smallest absolute Gasteiger partial charge is 0.157 e. The normalized spacial score (nSPS) is 28.2. The van der Waals surface area contributed by atoms with Crippen LogP contribution >= 0.6 is 0 Å². The number of Topliss-reactive ketones (excluding diaryl/α,β-unsaturated/α-hetero) is 1. The van der Waals surface area contributed by atoms with Gasteiger partial charge in [0.1, 0.15) is 6.54 Å². The average Bonchev–Trinajstić information content (AvgIpc) is 2.77. The molecular formula is C12H19N3O. The summed E-state index contributed by atoms with van der Waals surface area (Å²) in [6.45, 7) is 7.01. The van der Waals surface area contributed by atoms with Crippen LogP contribution in [0.1, 0.15) is 33.6 Å². The SMILES string of the molecule is CC1CCC(C(=O)Cn2ccnn2)C1(C)C. The van der Waals surface area contributed by atoms with E-state index >= 15 is 0 Å². The van der Waals surface area contributed by atoms with E-state index in [9.17, 15) is 4.79 Å². The molecule has 1 saturated carbocycles. The average molecular weight is 221 g/mol. The van der Waals surface area contributed by atoms with Gasteiger partial charge in [0.05, 0.1) is 6.20 Å². The molecule has 0 bridgehead atoms. The van der Waals surface area contributed by atoms with E-state index in [2.05, 4.69) is 31.1 Å². The first-order chi connectivity index (χ1) is 7.51. The molecule has 1 fully saturated rings. The van der Waals surface area contributed by atoms with E-state index in [1.54, 1.807) is 17.1 Å². The van der Waals surface area contributed by atoms with Crippen LogP contribution in [0.3, 0.4) is 0 Å². The maximum Gasteiger partial charge on any atom is 0.157 e. The summed E-state index contributed by atoms with van der Waals surface area (Å²) < 4.78 is 1.61. The van der Waals surface area contributed by atoms with Crippen LogP contribution in [0.25, 0.3) is 0 Å². The van der Waals surface area contributed by atoms with Crippen molar-refractivity contribution in [2.24, 2.45) is 17.3 Å². The van der Waals surface area contributed by atoms with Gasteiger partial charge >= 0.3 is 0 Å². The molecule has 16 heavy (non-hydrogen) atoms. The fourth-order valence-electron chi connectivity index (χ4n) is 2.67. The van der Waals surface area contributed by atoms with Gasteiger partial charge in [-0.3, -0.25) is 4.79 Å². The van der Waals surface area contributed by atoms with Gasteiger partial charge in [0.2, 0.25) is 0 Å². The van der Waals surface area contributed by atoms with Crippen LogP contribution in [0, 0.1) is 17.3 Å². The fourth-order valence-corrected chi connectivity index (χ4v) is 2.67. The molecule has 0 aliphatic heterocycles. The van der Waals surface area contributed by atoms with E-state index in [0.29, 0.717) is 18.2 Å². The van der Waals surface area contributed by atoms with Gasteiger partial charge in [-0.15, -0.1) is 5.10 Å². The predicted octanol–water partition coefficient (Wildman–Crippen LogP) is 1.92. The largest absolute Gasteiger partial charge is 0.297 e. The highest BCUT2D eigenvalue weighted by Gasteiger charge is 2.43. The summed E-state index contributed by atoms with van der Waals surface area (Å²) in [5, 5.41) is 7.55. The van der Waals surface area contributed by atoms with Crippen molar-refractivity contribution >= 4 is 5.78 Å². The van der Waals surface area contributed by atoms with Crippen molar-refractivity contribution in [1.29, 1.82) is 0 Å². The number of carbonyl (C=O) groups is 1. The number of rotatable bonds is 3. The third-order valence-electron chi connectivity index (χ3n) is 4.24. The molecule has 0 saturated heterocycles. The maximum atomic E-state index is 12.2. The zero-order valence-electron chi connectivity index (χ0n) is 10.2. The van der Waals surface area contributed by atoms with Crippen LogP contribution in [0.5, 0.6) is 0 Å². The Bertz CT molecular complexity index is 370. The molecular weight excluding hydrogens is 202 g/mol. The molecule has 1 aromatic rings. The quantitative estimate of drug-likeness (QED) is 0.783. The van der Waals surface area contributed by atoms with Gasteiger partial charge in [0.25, 0.3) is 0 Å². The lowest BCUT2D eigenvalue weighted by Gasteiger charge is -2.30. The molecule has 1 aliphatic rings. The molecule has 0 amide bonds. The first kappa shape index (κ1) is 11.3. The van der Waals surface area contributed by atoms with Crippen LogP contribution < -0.4 is 0 Å². The van der Waals surface area contributed by atoms with Gasteiger partial charge in [0, 0.05) is 12.1 Å². The monoisotopic (exact) mass is 221 g/mol. The van der Waals surface area contributed by atoms with Crippen LogP contribution in [-0.4, -0.2) is 20.8 Å². The Kier molecular flexibility index (Phi) is 2.82. The summed E-state index contributed by atoms with van der Waals surface area (Å²) in [5.41, 5.74) is 0.123. The number of ketones is 1. The van der Waals surface area contributed by atoms with Crippen molar-refractivity contribution in [1.82, 2.24) is 15.0 Å². The summed E-state index contributed by atoms with van der Waals surface area (Å²) >= 11 is 0. The Morgan fingerprint density at radius 3 is 2.75 bits per heavy atom. The summed E-state index contributed by atoms with van der Waals surface area (Å²) in [6, 6.07) is 0. The van der Waals surface area contributed by atoms with E-state index in [1.807, 2.05) is 0 Å². The lowest BCUT2D eigenvalue weighted by Crippen LogP contribution is -2.31. The van der Waals surface area contributed by atoms with Crippen molar-refractivity contribution in [3.05, 3.63) is 12.4 Å². The first-order valence-corrected chi connectivity index (χ1v) is 5.88. The highest BCUT2D eigenvalue weighted by atomic mass is 16.1. The van der Waals surface area contributed by atoms with Crippen LogP contribution in [-0.2, 0) is 11.3 Å². The molecule has 0 radical (unpaired) electrons. The van der Waals surface area contributed by atoms with Gasteiger partial charge in [0.15, 0.2) is 5.78 Å². The second-order valence-electron chi connectivity index (χ2n) is 5.42. The van der Waals surface area contributed by atoms with E-state index in [4.69, 9.17) is 0 Å². The van der Waals surface area contributed by atoms with Crippen molar-refractivity contribution in [2.45, 2.75) is 40.2 Å². The molecule has 0 spiro atoms. The standard InChI is InChI=1S/C12H19N3O/c1-9-4-5-10(12(9,2)3)11(16)8-15-7-6-13-14-15/h6-7,9-10H,4-5,8H2,1-3H3. The summed E-state index contributed by atoms with van der Waals surface area (Å²) in [5.74, 6) is 1.09. The molecule has 2 atom stereocenters. The lowest BCUT2D eigenvalue weighted by molar-refractivity contribution is -0.126. The molecule has 4 nitrogen and oxygen atoms in total. The van der Waals surface area contributed by atoms with Crippen molar-refractivity contribution < 1.29 is 4.79 Å². The third kappa shape index (κ3) is 1.88. The van der Waals surface area contributed by atoms with E-state index in [0.717, 1.165) is 12.8 Å². The summed E-state index contributed by atoms with van der Waals surface area (Å²) in [4.78, 5) is 12.2. The molecule has 0 N–H and O–H groups in total. The number of hydrogen-bond acceptors (Lipinski definition) is 3. The molecule has 0 aromatic carbocycles. The van der Waals surface area contributed by atoms with E-state index in [-0.39, 0.29) is 11.3 Å². The second kappa shape index (κ2) is 4.00. The topological polar surface area (TPSA) is 47.8 Å². The zero-order valence-corrected chi connectivity index (χ0v) is 10.2. The minimum atomic E-state index is 0.123. The molecule has 1 aliphatic carbocycles. The minimum absolute atomic E-state index is 0.123. The number of aromatic nitrogens is 3. The second-order valence-corrected chi connectivity index (χ2v) is 5.42. The van der Waals surface area contributed by atoms with Gasteiger partial charge in [-0.05, 0) is 24.2 Å². The van der Waals surface area contributed by atoms with Gasteiger partial charge in [-0.2, -0.15) is 0 Å². The Morgan fingerprint density at radius 2 is 2.25 bits per heavy atom. The minimum Gasteiger partial charge on any atom is -0.297 e. The Balaban J connectivity index is 2.06. The highest BCUT2D eigenvalue weighted by Crippen LogP contribution is 2.47. The Labute approximate surface area is 96.0 Å². The number of hydrogen-bond donors (Lipinski definition) is 0. The Hall–Kier alpha value is -1.19. The summed E-state index contributed by atoms with van der Waals surface area (Å²) in [6.07, 6.45) is 5.52. The predicted molar refractivity (Wildman–Crippen MR) is 60.7 cm³/mol. The van der Waals surface area contributed by atoms with E-state index in [1.165, 1.54) is 0 Å². The third-order valence-corrected chi connectivity index (χ3v) is 4.24. The van der Waals surface area contributed by atoms with Crippen LogP contribution in [0.4, 0.5) is 0 Å². The molecule has 88 valence electrons. The number of nitrogens with zero attached hydrogens (tertiary/aromatic N) is 3. The van der Waals surface area contributed by atoms with Crippen molar-refractivity contribution in [2.75, 3.05) is 0 Å². The zero-order chi connectivity index (χ0) is 11.8. The Morgan fingerprint density at radius 1 is 1.50 bits per heavy atom. The number of carbonyl (C=O) groups excluding carboxylic acids is 1. The van der Waals surface area contributed by atoms with Gasteiger partial charge in [-0.1, -0.05) is 26.0 Å². The van der Waals surface area contributed by atoms with Crippen molar-refractivity contribution in [3.63, 3.8) is 0 Å². The molecule has 1 aromatic heterocycles. The molecule has 1 heterocycles. The van der Waals surface area contributed by atoms with Crippen LogP contribution in [0.2, 0.25) is 0 Å². The van der Waals surface area contributed by atoms with E-state index < -0.39 is 0 Å². The molecule has 2 rings (SSSR count).